The van der Waals surface area contributed by atoms with Gasteiger partial charge in [0.1, 0.15) is 0 Å². The largest absolute Gasteiger partial charge is 0.466 e. The molecule has 0 aliphatic rings. The lowest BCUT2D eigenvalue weighted by Gasteiger charge is -2.20. The van der Waals surface area contributed by atoms with E-state index in [4.69, 9.17) is 4.74 Å². The van der Waals surface area contributed by atoms with E-state index in [0.29, 0.717) is 19.4 Å². The molecule has 6 heteroatoms. The van der Waals surface area contributed by atoms with E-state index in [-0.39, 0.29) is 18.5 Å². The minimum Gasteiger partial charge on any atom is -0.466 e. The second-order valence-corrected chi connectivity index (χ2v) is 26.4. The van der Waals surface area contributed by atoms with Gasteiger partial charge in [-0.1, -0.05) is 405 Å². The number of nitrogens with one attached hydrogen (secondary N) is 1. The predicted molar refractivity (Wildman–Crippen MR) is 361 cm³/mol. The van der Waals surface area contributed by atoms with Crippen molar-refractivity contribution in [3.05, 3.63) is 12.2 Å². The molecule has 82 heavy (non-hydrogen) atoms. The molecule has 0 aromatic carbocycles. The Balaban J connectivity index is 3.28. The Hall–Kier alpha value is -1.40. The fraction of sp³-hybridized carbons (Fsp3) is 0.947. The van der Waals surface area contributed by atoms with Gasteiger partial charge in [-0.3, -0.25) is 9.59 Å². The van der Waals surface area contributed by atoms with Gasteiger partial charge in [0.05, 0.1) is 25.4 Å². The Morgan fingerprint density at radius 2 is 0.561 bits per heavy atom. The van der Waals surface area contributed by atoms with Crippen LogP contribution in [0.1, 0.15) is 438 Å². The van der Waals surface area contributed by atoms with Crippen molar-refractivity contribution in [2.24, 2.45) is 0 Å². The maximum absolute atomic E-state index is 12.5. The third-order valence-corrected chi connectivity index (χ3v) is 18.1. The van der Waals surface area contributed by atoms with E-state index in [9.17, 15) is 19.8 Å². The molecule has 1 amide bonds. The van der Waals surface area contributed by atoms with E-state index in [1.54, 1.807) is 6.08 Å². The first kappa shape index (κ1) is 80.6. The molecule has 0 aliphatic carbocycles. The van der Waals surface area contributed by atoms with E-state index < -0.39 is 12.1 Å². The zero-order valence-electron chi connectivity index (χ0n) is 56.0. The number of ether oxygens (including phenoxy) is 1. The van der Waals surface area contributed by atoms with Gasteiger partial charge in [-0.15, -0.1) is 0 Å². The summed E-state index contributed by atoms with van der Waals surface area (Å²) in [7, 11) is 0. The number of amides is 1. The summed E-state index contributed by atoms with van der Waals surface area (Å²) >= 11 is 0. The second kappa shape index (κ2) is 72.1. The van der Waals surface area contributed by atoms with E-state index >= 15 is 0 Å². The van der Waals surface area contributed by atoms with Crippen molar-refractivity contribution in [3.8, 4) is 0 Å². The average molecular weight is 1160 g/mol. The number of carbonyl (C=O) groups excluding carboxylic acids is 2. The molecule has 0 spiro atoms. The number of rotatable bonds is 72. The molecule has 488 valence electrons. The lowest BCUT2D eigenvalue weighted by atomic mass is 10.0. The minimum absolute atomic E-state index is 0.0263. The van der Waals surface area contributed by atoms with Crippen LogP contribution >= 0.6 is 0 Å². The average Bonchev–Trinajstić information content (AvgIpc) is 3.48. The number of carbonyl (C=O) groups is 2. The number of allylic oxidation sites excluding steroid dienone is 1. The van der Waals surface area contributed by atoms with Gasteiger partial charge in [-0.25, -0.2) is 0 Å². The van der Waals surface area contributed by atoms with Crippen molar-refractivity contribution < 1.29 is 24.5 Å². The maximum atomic E-state index is 12.5. The molecule has 0 fully saturated rings. The highest BCUT2D eigenvalue weighted by Crippen LogP contribution is 2.20. The summed E-state index contributed by atoms with van der Waals surface area (Å²) in [5, 5.41) is 23.1. The summed E-state index contributed by atoms with van der Waals surface area (Å²) in [6, 6.07) is -0.621. The third kappa shape index (κ3) is 67.7. The second-order valence-electron chi connectivity index (χ2n) is 26.4. The molecule has 0 aromatic heterocycles. The summed E-state index contributed by atoms with van der Waals surface area (Å²) in [5.41, 5.74) is 0. The van der Waals surface area contributed by atoms with Crippen molar-refractivity contribution in [1.82, 2.24) is 5.32 Å². The standard InChI is InChI=1S/C76H149NO5/c1-3-5-7-9-11-13-15-44-48-52-56-60-64-68-74(79)73(72-78)77-75(80)69-65-61-57-53-49-46-42-40-38-36-34-32-30-28-26-24-22-20-18-17-19-21-23-25-27-29-31-33-35-37-39-41-43-47-51-55-59-63-67-71-82-76(81)70-66-62-58-54-50-45-16-14-12-10-8-6-4-2/h64,68,73-74,78-79H,3-63,65-67,69-72H2,1-2H3,(H,77,80)/b68-64+. The van der Waals surface area contributed by atoms with Crippen LogP contribution in [-0.2, 0) is 14.3 Å². The van der Waals surface area contributed by atoms with E-state index in [2.05, 4.69) is 19.2 Å². The molecule has 2 atom stereocenters. The predicted octanol–water partition coefficient (Wildman–Crippen LogP) is 24.7. The van der Waals surface area contributed by atoms with Gasteiger partial charge < -0.3 is 20.3 Å². The quantitative estimate of drug-likeness (QED) is 0.0320. The van der Waals surface area contributed by atoms with Crippen molar-refractivity contribution in [1.29, 1.82) is 0 Å². The van der Waals surface area contributed by atoms with Crippen LogP contribution in [-0.4, -0.2) is 47.4 Å². The molecule has 0 rings (SSSR count). The van der Waals surface area contributed by atoms with Crippen molar-refractivity contribution in [2.75, 3.05) is 13.2 Å². The normalized spacial score (nSPS) is 12.5. The molecular formula is C76H149NO5. The Morgan fingerprint density at radius 1 is 0.329 bits per heavy atom. The van der Waals surface area contributed by atoms with Crippen LogP contribution < -0.4 is 5.32 Å². The lowest BCUT2D eigenvalue weighted by molar-refractivity contribution is -0.143. The smallest absolute Gasteiger partial charge is 0.305 e. The summed E-state index contributed by atoms with van der Waals surface area (Å²) in [5.74, 6) is -0.0333. The lowest BCUT2D eigenvalue weighted by Crippen LogP contribution is -2.45. The highest BCUT2D eigenvalue weighted by Gasteiger charge is 2.18. The highest BCUT2D eigenvalue weighted by atomic mass is 16.5. The SMILES string of the molecule is CCCCCCCCCCCCC/C=C/C(O)C(CO)NC(=O)CCCCCCCCCCCCCCCCCCCCCCCCCCCCCCCCCCCCCCCCCOC(=O)CCCCCCCCCCCCCCC. The van der Waals surface area contributed by atoms with Gasteiger partial charge in [-0.05, 0) is 32.1 Å². The van der Waals surface area contributed by atoms with Crippen LogP contribution in [0.3, 0.4) is 0 Å². The van der Waals surface area contributed by atoms with E-state index in [1.165, 1.54) is 372 Å². The zero-order chi connectivity index (χ0) is 59.2. The van der Waals surface area contributed by atoms with Crippen LogP contribution in [0.15, 0.2) is 12.2 Å². The molecule has 0 heterocycles. The summed E-state index contributed by atoms with van der Waals surface area (Å²) in [4.78, 5) is 24.5. The minimum atomic E-state index is -0.838. The Kier molecular flexibility index (Phi) is 70.8. The number of aliphatic hydroxyl groups excluding tert-OH is 2. The molecule has 3 N–H and O–H groups in total. The van der Waals surface area contributed by atoms with Gasteiger partial charge in [0, 0.05) is 12.8 Å². The number of hydrogen-bond acceptors (Lipinski definition) is 5. The van der Waals surface area contributed by atoms with Crippen LogP contribution in [0.2, 0.25) is 0 Å². The Morgan fingerprint density at radius 3 is 0.829 bits per heavy atom. The summed E-state index contributed by atoms with van der Waals surface area (Å²) in [6.45, 7) is 4.94. The molecule has 2 unspecified atom stereocenters. The number of unbranched alkanes of at least 4 members (excludes halogenated alkanes) is 61. The number of esters is 1. The van der Waals surface area contributed by atoms with Crippen molar-refractivity contribution >= 4 is 11.9 Å². The molecule has 0 saturated carbocycles. The van der Waals surface area contributed by atoms with Crippen molar-refractivity contribution in [2.45, 2.75) is 450 Å². The molecule has 6 nitrogen and oxygen atoms in total. The Bertz CT molecular complexity index is 1240. The maximum Gasteiger partial charge on any atom is 0.305 e. The Labute approximate surface area is 514 Å². The van der Waals surface area contributed by atoms with Gasteiger partial charge in [0.15, 0.2) is 0 Å². The fourth-order valence-electron chi connectivity index (χ4n) is 12.3. The molecule has 0 saturated heterocycles. The first-order chi connectivity index (χ1) is 40.5. The van der Waals surface area contributed by atoms with Gasteiger partial charge in [-0.2, -0.15) is 0 Å². The first-order valence-electron chi connectivity index (χ1n) is 38.0. The molecule has 0 bridgehead atoms. The van der Waals surface area contributed by atoms with Gasteiger partial charge in [0.25, 0.3) is 0 Å². The highest BCUT2D eigenvalue weighted by molar-refractivity contribution is 5.76. The van der Waals surface area contributed by atoms with Crippen molar-refractivity contribution in [3.63, 3.8) is 0 Å². The fourth-order valence-corrected chi connectivity index (χ4v) is 12.3. The summed E-state index contributed by atoms with van der Waals surface area (Å²) < 4.78 is 5.50. The van der Waals surface area contributed by atoms with Gasteiger partial charge >= 0.3 is 5.97 Å². The first-order valence-corrected chi connectivity index (χ1v) is 38.0. The molecule has 0 radical (unpaired) electrons. The topological polar surface area (TPSA) is 95.9 Å². The number of hydrogen-bond donors (Lipinski definition) is 3. The summed E-state index contributed by atoms with van der Waals surface area (Å²) in [6.07, 6.45) is 90.6. The number of aliphatic hydroxyl groups is 2. The third-order valence-electron chi connectivity index (χ3n) is 18.1. The van der Waals surface area contributed by atoms with E-state index in [0.717, 1.165) is 38.5 Å². The zero-order valence-corrected chi connectivity index (χ0v) is 56.0. The van der Waals surface area contributed by atoms with Crippen LogP contribution in [0.25, 0.3) is 0 Å². The van der Waals surface area contributed by atoms with Crippen LogP contribution in [0, 0.1) is 0 Å². The van der Waals surface area contributed by atoms with Crippen LogP contribution in [0.5, 0.6) is 0 Å². The monoisotopic (exact) mass is 1160 g/mol. The molecule has 0 aromatic rings. The molecule has 0 aliphatic heterocycles. The van der Waals surface area contributed by atoms with E-state index in [1.807, 2.05) is 6.08 Å². The van der Waals surface area contributed by atoms with Gasteiger partial charge in [0.2, 0.25) is 5.91 Å². The molecular weight excluding hydrogens is 1010 g/mol. The van der Waals surface area contributed by atoms with Crippen LogP contribution in [0.4, 0.5) is 0 Å².